The van der Waals surface area contributed by atoms with Crippen LogP contribution in [0, 0.1) is 12.0 Å². The van der Waals surface area contributed by atoms with Gasteiger partial charge in [-0.05, 0) is 39.2 Å². The molecule has 1 aliphatic carbocycles. The Morgan fingerprint density at radius 1 is 0.967 bits per heavy atom. The lowest BCUT2D eigenvalue weighted by Crippen LogP contribution is -2.18. The molecule has 0 radical (unpaired) electrons. The van der Waals surface area contributed by atoms with Crippen molar-refractivity contribution in [3.63, 3.8) is 0 Å². The van der Waals surface area contributed by atoms with Gasteiger partial charge in [0.25, 0.3) is 6.07 Å². The van der Waals surface area contributed by atoms with Crippen molar-refractivity contribution in [2.24, 2.45) is 10.9 Å². The summed E-state index contributed by atoms with van der Waals surface area (Å²) in [6.45, 7) is 0. The van der Waals surface area contributed by atoms with Crippen LogP contribution in [-0.2, 0) is 0 Å². The summed E-state index contributed by atoms with van der Waals surface area (Å²) >= 11 is 0. The maximum atomic E-state index is 4.95. The number of benzene rings is 3. The third-order valence-corrected chi connectivity index (χ3v) is 6.03. The average molecular weight is 386 g/mol. The van der Waals surface area contributed by atoms with Gasteiger partial charge in [-0.3, -0.25) is 0 Å². The van der Waals surface area contributed by atoms with Crippen LogP contribution >= 0.6 is 0 Å². The molecule has 0 amide bonds. The predicted molar refractivity (Wildman–Crippen MR) is 124 cm³/mol. The van der Waals surface area contributed by atoms with Crippen LogP contribution in [0.5, 0.6) is 0 Å². The Labute approximate surface area is 175 Å². The Morgan fingerprint density at radius 2 is 1.83 bits per heavy atom. The molecule has 6 rings (SSSR count). The summed E-state index contributed by atoms with van der Waals surface area (Å²) in [5.41, 5.74) is 5.73. The van der Waals surface area contributed by atoms with Crippen LogP contribution in [0.15, 0.2) is 95.8 Å². The fourth-order valence-electron chi connectivity index (χ4n) is 4.54. The first-order valence-corrected chi connectivity index (χ1v) is 10.3. The van der Waals surface area contributed by atoms with Gasteiger partial charge in [-0.1, -0.05) is 78.9 Å². The number of hydrogen-bond acceptors (Lipinski definition) is 2. The van der Waals surface area contributed by atoms with Crippen molar-refractivity contribution in [2.75, 3.05) is 0 Å². The number of fused-ring (bicyclic) bond motifs is 3. The van der Waals surface area contributed by atoms with E-state index in [0.717, 1.165) is 29.2 Å². The molecule has 2 atom stereocenters. The summed E-state index contributed by atoms with van der Waals surface area (Å²) in [5, 5.41) is 5.97. The van der Waals surface area contributed by atoms with E-state index in [1.54, 1.807) is 0 Å². The minimum Gasteiger partial charge on any atom is -0.336 e. The highest BCUT2D eigenvalue weighted by atomic mass is 15.1. The van der Waals surface area contributed by atoms with Crippen LogP contribution in [-0.4, -0.2) is 5.84 Å². The van der Waals surface area contributed by atoms with Crippen molar-refractivity contribution >= 4 is 28.4 Å². The third kappa shape index (κ3) is 2.69. The average Bonchev–Trinajstić information content (AvgIpc) is 3.39. The molecule has 1 N–H and O–H groups in total. The second kappa shape index (κ2) is 6.86. The number of nitrogens with zero attached hydrogens (tertiary/aromatic N) is 2. The van der Waals surface area contributed by atoms with Crippen LogP contribution in [0.25, 0.3) is 27.4 Å². The molecule has 0 bridgehead atoms. The van der Waals surface area contributed by atoms with Gasteiger partial charge in [-0.2, -0.15) is 0 Å². The molecule has 142 valence electrons. The zero-order valence-electron chi connectivity index (χ0n) is 16.4. The maximum Gasteiger partial charge on any atom is 0.355 e. The minimum absolute atomic E-state index is 0.0702. The summed E-state index contributed by atoms with van der Waals surface area (Å²) in [6.07, 6.45) is 9.30. The summed E-state index contributed by atoms with van der Waals surface area (Å²) in [6, 6.07) is 26.8. The van der Waals surface area contributed by atoms with Gasteiger partial charge in [0.1, 0.15) is 23.4 Å². The minimum atomic E-state index is 0.0702. The number of aliphatic imine (C=N–C) groups is 1. The fraction of sp³-hybridized carbons (Fsp3) is 0.111. The van der Waals surface area contributed by atoms with Crippen LogP contribution in [0.2, 0.25) is 0 Å². The van der Waals surface area contributed by atoms with Gasteiger partial charge in [-0.25, -0.2) is 4.99 Å². The SMILES string of the molecule is C(#[N+]C1=C(c2cccc3ccccc23)NC2=NC=CC21)C1CC=Cc2ccccc21. The lowest BCUT2D eigenvalue weighted by atomic mass is 9.88. The largest absolute Gasteiger partial charge is 0.355 e. The molecule has 3 aliphatic rings. The molecule has 2 aliphatic heterocycles. The van der Waals surface area contributed by atoms with E-state index in [1.165, 1.54) is 21.9 Å². The topological polar surface area (TPSA) is 28.8 Å². The first-order valence-electron chi connectivity index (χ1n) is 10.3. The normalized spacial score (nSPS) is 21.0. The molecule has 3 aromatic rings. The van der Waals surface area contributed by atoms with Gasteiger partial charge in [0.15, 0.2) is 0 Å². The first-order chi connectivity index (χ1) is 14.9. The highest BCUT2D eigenvalue weighted by Gasteiger charge is 2.41. The quantitative estimate of drug-likeness (QED) is 0.531. The van der Waals surface area contributed by atoms with Gasteiger partial charge < -0.3 is 5.32 Å². The van der Waals surface area contributed by atoms with Crippen LogP contribution in [0.4, 0.5) is 0 Å². The molecule has 0 saturated carbocycles. The molecule has 0 spiro atoms. The monoisotopic (exact) mass is 386 g/mol. The number of hydrogen-bond donors (Lipinski definition) is 1. The molecule has 2 unspecified atom stereocenters. The Balaban J connectivity index is 1.49. The molecule has 0 saturated heterocycles. The van der Waals surface area contributed by atoms with Gasteiger partial charge in [0, 0.05) is 11.8 Å². The van der Waals surface area contributed by atoms with Crippen LogP contribution in [0.3, 0.4) is 0 Å². The molecule has 0 fully saturated rings. The molecule has 30 heavy (non-hydrogen) atoms. The van der Waals surface area contributed by atoms with Gasteiger partial charge in [-0.15, -0.1) is 0 Å². The van der Waals surface area contributed by atoms with E-state index in [9.17, 15) is 0 Å². The number of nitrogens with one attached hydrogen (secondary N) is 1. The number of allylic oxidation sites excluding steroid dienone is 1. The molecule has 2 heterocycles. The highest BCUT2D eigenvalue weighted by Crippen LogP contribution is 2.37. The van der Waals surface area contributed by atoms with Crippen molar-refractivity contribution in [3.05, 3.63) is 112 Å². The van der Waals surface area contributed by atoms with Crippen molar-refractivity contribution in [1.82, 2.24) is 5.32 Å². The lowest BCUT2D eigenvalue weighted by Gasteiger charge is -2.12. The molecule has 3 heteroatoms. The van der Waals surface area contributed by atoms with E-state index < -0.39 is 0 Å². The summed E-state index contributed by atoms with van der Waals surface area (Å²) in [4.78, 5) is 9.47. The van der Waals surface area contributed by atoms with E-state index in [-0.39, 0.29) is 11.8 Å². The third-order valence-electron chi connectivity index (χ3n) is 6.03. The molecular formula is C27H20N3+. The standard InChI is InChI=1S/C27H20N3/c1-3-12-21-18(7-1)9-5-11-20(21)17-29-25-24-15-16-28-27(24)30-26(25)23-14-6-10-19-8-2-4-13-22(19)23/h1-10,12-16,20,24H,11H2,(H,28,30)/q+1. The van der Waals surface area contributed by atoms with Gasteiger partial charge >= 0.3 is 5.70 Å². The molecular weight excluding hydrogens is 366 g/mol. The van der Waals surface area contributed by atoms with Gasteiger partial charge in [0.2, 0.25) is 0 Å². The molecule has 3 nitrogen and oxygen atoms in total. The zero-order valence-corrected chi connectivity index (χ0v) is 16.4. The second-order valence-corrected chi connectivity index (χ2v) is 7.81. The van der Waals surface area contributed by atoms with E-state index in [4.69, 9.17) is 4.85 Å². The summed E-state index contributed by atoms with van der Waals surface area (Å²) in [5.74, 6) is 1.18. The van der Waals surface area contributed by atoms with E-state index in [2.05, 4.69) is 101 Å². The summed E-state index contributed by atoms with van der Waals surface area (Å²) < 4.78 is 0. The first kappa shape index (κ1) is 17.0. The zero-order chi connectivity index (χ0) is 19.9. The van der Waals surface area contributed by atoms with Crippen LogP contribution in [0.1, 0.15) is 29.0 Å². The number of amidine groups is 1. The van der Waals surface area contributed by atoms with Crippen molar-refractivity contribution in [3.8, 4) is 6.07 Å². The van der Waals surface area contributed by atoms with Crippen molar-refractivity contribution < 1.29 is 0 Å². The molecule has 0 aromatic heterocycles. The Bertz CT molecular complexity index is 1360. The fourth-order valence-corrected chi connectivity index (χ4v) is 4.54. The lowest BCUT2D eigenvalue weighted by molar-refractivity contribution is 0.877. The van der Waals surface area contributed by atoms with Crippen LogP contribution < -0.4 is 5.32 Å². The van der Waals surface area contributed by atoms with Gasteiger partial charge in [0.05, 0.1) is 0 Å². The Kier molecular flexibility index (Phi) is 3.89. The smallest absolute Gasteiger partial charge is 0.336 e. The Hall–Kier alpha value is -3.90. The van der Waals surface area contributed by atoms with E-state index >= 15 is 0 Å². The summed E-state index contributed by atoms with van der Waals surface area (Å²) in [7, 11) is 0. The van der Waals surface area contributed by atoms with E-state index in [0.29, 0.717) is 0 Å². The molecule has 3 aromatic carbocycles. The number of rotatable bonds is 1. The van der Waals surface area contributed by atoms with Crippen molar-refractivity contribution in [2.45, 2.75) is 12.3 Å². The van der Waals surface area contributed by atoms with Crippen molar-refractivity contribution in [1.29, 1.82) is 0 Å². The second-order valence-electron chi connectivity index (χ2n) is 7.81. The maximum absolute atomic E-state index is 4.95. The van der Waals surface area contributed by atoms with E-state index in [1.807, 2.05) is 6.20 Å². The predicted octanol–water partition coefficient (Wildman–Crippen LogP) is 6.19. The Morgan fingerprint density at radius 3 is 2.83 bits per heavy atom. The highest BCUT2D eigenvalue weighted by molar-refractivity contribution is 6.07.